The molecule has 0 unspecified atom stereocenters. The van der Waals surface area contributed by atoms with Crippen molar-refractivity contribution in [1.29, 1.82) is 0 Å². The van der Waals surface area contributed by atoms with Crippen LogP contribution in [0.3, 0.4) is 0 Å². The first-order chi connectivity index (χ1) is 23.5. The average molecular weight is 716 g/mol. The van der Waals surface area contributed by atoms with Crippen LogP contribution in [0.15, 0.2) is 83.9 Å². The molecule has 3 aromatic carbocycles. The second-order valence-corrected chi connectivity index (χ2v) is 14.0. The van der Waals surface area contributed by atoms with Gasteiger partial charge in [-0.2, -0.15) is 13.2 Å². The minimum atomic E-state index is -5.08. The maximum absolute atomic E-state index is 14.4. The van der Waals surface area contributed by atoms with Gasteiger partial charge in [-0.1, -0.05) is 30.3 Å². The molecule has 50 heavy (non-hydrogen) atoms. The first-order valence-corrected chi connectivity index (χ1v) is 16.9. The zero-order chi connectivity index (χ0) is 36.8. The van der Waals surface area contributed by atoms with Crippen molar-refractivity contribution < 1.29 is 45.8 Å². The molecule has 4 aromatic rings. The number of hydrogen-bond donors (Lipinski definition) is 4. The van der Waals surface area contributed by atoms with Gasteiger partial charge < -0.3 is 25.8 Å². The minimum Gasteiger partial charge on any atom is -0.475 e. The van der Waals surface area contributed by atoms with Gasteiger partial charge in [-0.15, -0.1) is 0 Å². The number of nitrogens with one attached hydrogen (secondary N) is 2. The number of anilines is 3. The molecule has 1 aliphatic heterocycles. The monoisotopic (exact) mass is 715 g/mol. The number of carboxylic acid groups (broad SMARTS) is 1. The van der Waals surface area contributed by atoms with Gasteiger partial charge in [-0.25, -0.2) is 23.0 Å². The number of alkyl halides is 3. The molecule has 16 heteroatoms. The van der Waals surface area contributed by atoms with Gasteiger partial charge in [0.2, 0.25) is 5.91 Å². The molecule has 1 aromatic heterocycles. The Balaban J connectivity index is 0.000000727. The van der Waals surface area contributed by atoms with Crippen LogP contribution < -0.4 is 16.4 Å². The van der Waals surface area contributed by atoms with Gasteiger partial charge in [0.15, 0.2) is 9.84 Å². The Labute approximate surface area is 286 Å². The lowest BCUT2D eigenvalue weighted by Gasteiger charge is -2.31. The summed E-state index contributed by atoms with van der Waals surface area (Å²) < 4.78 is 63.4. The van der Waals surface area contributed by atoms with Crippen molar-refractivity contribution in [3.63, 3.8) is 0 Å². The molecule has 12 nitrogen and oxygen atoms in total. The van der Waals surface area contributed by atoms with E-state index in [9.17, 15) is 31.2 Å². The number of halogens is 3. The number of nitrogen functional groups attached to an aromatic ring is 1. The van der Waals surface area contributed by atoms with E-state index < -0.39 is 45.4 Å². The second kappa shape index (κ2) is 15.4. The molecule has 5 rings (SSSR count). The molecular formula is C34H36F3N5O7S. The Kier molecular flexibility index (Phi) is 11.6. The lowest BCUT2D eigenvalue weighted by Crippen LogP contribution is -2.38. The van der Waals surface area contributed by atoms with Crippen molar-refractivity contribution in [1.82, 2.24) is 9.88 Å². The maximum atomic E-state index is 14.4. The van der Waals surface area contributed by atoms with Gasteiger partial charge in [0.1, 0.15) is 11.9 Å². The van der Waals surface area contributed by atoms with Gasteiger partial charge in [-0.05, 0) is 85.7 Å². The smallest absolute Gasteiger partial charge is 0.475 e. The molecule has 0 bridgehead atoms. The number of sulfone groups is 1. The number of rotatable bonds is 8. The predicted molar refractivity (Wildman–Crippen MR) is 181 cm³/mol. The van der Waals surface area contributed by atoms with Crippen molar-refractivity contribution in [3.8, 4) is 0 Å². The summed E-state index contributed by atoms with van der Waals surface area (Å²) in [7, 11) is -2.45. The third-order valence-corrected chi connectivity index (χ3v) is 10.2. The zero-order valence-corrected chi connectivity index (χ0v) is 28.1. The molecule has 2 amide bonds. The fourth-order valence-corrected chi connectivity index (χ4v) is 6.77. The van der Waals surface area contributed by atoms with E-state index in [2.05, 4.69) is 15.6 Å². The Morgan fingerprint density at radius 2 is 1.68 bits per heavy atom. The molecule has 1 aliphatic rings. The lowest BCUT2D eigenvalue weighted by atomic mass is 10.0. The van der Waals surface area contributed by atoms with Crippen molar-refractivity contribution in [2.75, 3.05) is 30.0 Å². The number of carbonyl (C=O) groups excluding carboxylic acids is 2. The van der Waals surface area contributed by atoms with Crippen molar-refractivity contribution in [2.24, 2.45) is 0 Å². The molecule has 1 saturated heterocycles. The first-order valence-electron chi connectivity index (χ1n) is 15.3. The summed E-state index contributed by atoms with van der Waals surface area (Å²) in [5.41, 5.74) is 8.38. The van der Waals surface area contributed by atoms with Crippen LogP contribution in [0.1, 0.15) is 49.9 Å². The fourth-order valence-electron chi connectivity index (χ4n) is 5.48. The van der Waals surface area contributed by atoms with Crippen LogP contribution in [0.5, 0.6) is 0 Å². The summed E-state index contributed by atoms with van der Waals surface area (Å²) in [6, 6.07) is 20.3. The van der Waals surface area contributed by atoms with Gasteiger partial charge >= 0.3 is 18.2 Å². The van der Waals surface area contributed by atoms with Gasteiger partial charge in [0, 0.05) is 29.5 Å². The third kappa shape index (κ3) is 8.61. The van der Waals surface area contributed by atoms with Crippen LogP contribution in [-0.2, 0) is 24.2 Å². The molecule has 0 radical (unpaired) electrons. The zero-order valence-electron chi connectivity index (χ0n) is 27.3. The number of nitrogens with two attached hydrogens (primary N) is 1. The van der Waals surface area contributed by atoms with E-state index in [0.29, 0.717) is 36.5 Å². The Morgan fingerprint density at radius 1 is 1.02 bits per heavy atom. The summed E-state index contributed by atoms with van der Waals surface area (Å²) in [6.45, 7) is 3.70. The quantitative estimate of drug-likeness (QED) is 0.161. The average Bonchev–Trinajstić information content (AvgIpc) is 3.57. The van der Waals surface area contributed by atoms with Gasteiger partial charge in [0.05, 0.1) is 23.3 Å². The highest BCUT2D eigenvalue weighted by Gasteiger charge is 2.39. The van der Waals surface area contributed by atoms with Crippen LogP contribution in [0, 0.1) is 0 Å². The number of fused-ring (bicyclic) bond motifs is 1. The number of benzene rings is 3. The van der Waals surface area contributed by atoms with Crippen LogP contribution in [0.4, 0.5) is 35.2 Å². The number of hydrogen-bond acceptors (Lipinski definition) is 9. The molecule has 5 N–H and O–H groups in total. The summed E-state index contributed by atoms with van der Waals surface area (Å²) in [6.07, 6.45) is -2.86. The molecule has 266 valence electrons. The molecule has 0 saturated carbocycles. The Morgan fingerprint density at radius 3 is 2.30 bits per heavy atom. The third-order valence-electron chi connectivity index (χ3n) is 7.99. The highest BCUT2D eigenvalue weighted by Crippen LogP contribution is 2.40. The predicted octanol–water partition coefficient (Wildman–Crippen LogP) is 6.33. The number of methoxy groups -OCH3 is 1. The summed E-state index contributed by atoms with van der Waals surface area (Å²) in [5.74, 6) is -2.52. The SMILES string of the molecule is COC(=O)Nc1ccc(S(=O)(=O)C(C)C)c([C@H]2CCCN2C(=O)[C@@H](Nc2ccc3c(N)nccc3c2)c2ccccc2)c1.O=C(O)C(F)(F)F. The standard InChI is InChI=1S/C32H35N5O5S.C2HF3O2/c1-20(2)43(40,41)28-14-12-24(36-32(39)42-3)19-26(28)27-10-7-17-37(27)31(38)29(21-8-5-4-6-9-21)35-23-11-13-25-22(18-23)15-16-34-30(25)33;3-2(4,5)1(6)7/h4-6,8-9,11-16,18-20,27,29,35H,7,10,17H2,1-3H3,(H2,33,34)(H,36,39);(H,6,7)/t27-,29+;/m1./s1. The Bertz CT molecular complexity index is 1980. The molecule has 1 fully saturated rings. The number of nitrogens with zero attached hydrogens (tertiary/aromatic N) is 2. The van der Waals surface area contributed by atoms with Gasteiger partial charge in [-0.3, -0.25) is 10.1 Å². The summed E-state index contributed by atoms with van der Waals surface area (Å²) in [4.78, 5) is 41.3. The number of aliphatic carboxylic acids is 1. The first kappa shape index (κ1) is 37.4. The number of likely N-dealkylation sites (tertiary alicyclic amines) is 1. The number of carboxylic acids is 1. The van der Waals surface area contributed by atoms with E-state index in [4.69, 9.17) is 20.4 Å². The van der Waals surface area contributed by atoms with Crippen molar-refractivity contribution in [3.05, 3.63) is 90.1 Å². The number of carbonyl (C=O) groups is 3. The van der Waals surface area contributed by atoms with E-state index in [1.54, 1.807) is 31.0 Å². The minimum absolute atomic E-state index is 0.146. The molecule has 2 atom stereocenters. The summed E-state index contributed by atoms with van der Waals surface area (Å²) in [5, 5.41) is 14.2. The molecule has 0 spiro atoms. The maximum Gasteiger partial charge on any atom is 0.490 e. The van der Waals surface area contributed by atoms with E-state index in [1.165, 1.54) is 19.2 Å². The van der Waals surface area contributed by atoms with E-state index in [0.717, 1.165) is 22.0 Å². The van der Waals surface area contributed by atoms with Crippen LogP contribution in [-0.4, -0.2) is 66.5 Å². The lowest BCUT2D eigenvalue weighted by molar-refractivity contribution is -0.192. The van der Waals surface area contributed by atoms with E-state index >= 15 is 0 Å². The van der Waals surface area contributed by atoms with Gasteiger partial charge in [0.25, 0.3) is 0 Å². The molecule has 2 heterocycles. The van der Waals surface area contributed by atoms with Crippen molar-refractivity contribution in [2.45, 2.75) is 55.1 Å². The number of amides is 2. The Hall–Kier alpha value is -5.38. The largest absolute Gasteiger partial charge is 0.490 e. The second-order valence-electron chi connectivity index (χ2n) is 11.6. The van der Waals surface area contributed by atoms with E-state index in [1.807, 2.05) is 54.6 Å². The number of aromatic nitrogens is 1. The van der Waals surface area contributed by atoms with Crippen LogP contribution in [0.2, 0.25) is 0 Å². The number of pyridine rings is 1. The molecule has 0 aliphatic carbocycles. The van der Waals surface area contributed by atoms with Crippen LogP contribution >= 0.6 is 0 Å². The van der Waals surface area contributed by atoms with Crippen LogP contribution in [0.25, 0.3) is 10.8 Å². The van der Waals surface area contributed by atoms with E-state index in [-0.39, 0.29) is 10.8 Å². The molecular weight excluding hydrogens is 679 g/mol. The topological polar surface area (TPSA) is 181 Å². The summed E-state index contributed by atoms with van der Waals surface area (Å²) >= 11 is 0. The fraction of sp³-hybridized carbons (Fsp3) is 0.294. The highest BCUT2D eigenvalue weighted by molar-refractivity contribution is 7.92. The normalized spacial score (nSPS) is 15.2. The van der Waals surface area contributed by atoms with Crippen molar-refractivity contribution >= 4 is 55.8 Å². The highest BCUT2D eigenvalue weighted by atomic mass is 32.2. The number of ether oxygens (including phenoxy) is 1.